The van der Waals surface area contributed by atoms with Crippen molar-refractivity contribution >= 4 is 27.3 Å². The molecule has 0 saturated heterocycles. The Balaban J connectivity index is 2.08. The van der Waals surface area contributed by atoms with Crippen LogP contribution >= 0.6 is 27.3 Å². The van der Waals surface area contributed by atoms with E-state index in [9.17, 15) is 0 Å². The fourth-order valence-electron chi connectivity index (χ4n) is 3.06. The van der Waals surface area contributed by atoms with Crippen molar-refractivity contribution in [1.82, 2.24) is 5.32 Å². The van der Waals surface area contributed by atoms with E-state index in [1.165, 1.54) is 41.5 Å². The van der Waals surface area contributed by atoms with E-state index in [-0.39, 0.29) is 0 Å². The molecule has 1 saturated carbocycles. The second-order valence-electron chi connectivity index (χ2n) is 6.57. The summed E-state index contributed by atoms with van der Waals surface area (Å²) in [6.45, 7) is 8.20. The maximum Gasteiger partial charge on any atom is 0.0454 e. The van der Waals surface area contributed by atoms with Crippen molar-refractivity contribution in [3.8, 4) is 0 Å². The first-order valence-corrected chi connectivity index (χ1v) is 9.17. The van der Waals surface area contributed by atoms with Gasteiger partial charge in [0.05, 0.1) is 0 Å². The van der Waals surface area contributed by atoms with Crippen LogP contribution in [0.15, 0.2) is 15.9 Å². The highest BCUT2D eigenvalue weighted by Gasteiger charge is 2.32. The van der Waals surface area contributed by atoms with E-state index in [1.54, 1.807) is 0 Å². The molecule has 0 radical (unpaired) electrons. The highest BCUT2D eigenvalue weighted by molar-refractivity contribution is 9.10. The Labute approximate surface area is 130 Å². The molecule has 1 aliphatic carbocycles. The fourth-order valence-corrected chi connectivity index (χ4v) is 4.84. The van der Waals surface area contributed by atoms with Crippen molar-refractivity contribution < 1.29 is 0 Å². The van der Waals surface area contributed by atoms with Gasteiger partial charge in [-0.25, -0.2) is 0 Å². The summed E-state index contributed by atoms with van der Waals surface area (Å²) in [6.07, 6.45) is 6.66. The Morgan fingerprint density at radius 1 is 1.42 bits per heavy atom. The zero-order valence-electron chi connectivity index (χ0n) is 12.3. The average molecular weight is 344 g/mol. The predicted molar refractivity (Wildman–Crippen MR) is 88.8 cm³/mol. The van der Waals surface area contributed by atoms with E-state index < -0.39 is 0 Å². The molecule has 1 atom stereocenters. The van der Waals surface area contributed by atoms with Crippen LogP contribution < -0.4 is 5.32 Å². The second-order valence-corrected chi connectivity index (χ2v) is 8.37. The van der Waals surface area contributed by atoms with Crippen LogP contribution in [-0.4, -0.2) is 6.54 Å². The first-order valence-electron chi connectivity index (χ1n) is 7.50. The largest absolute Gasteiger partial charge is 0.309 e. The number of rotatable bonds is 5. The maximum absolute atomic E-state index is 3.79. The third kappa shape index (κ3) is 4.05. The third-order valence-corrected chi connectivity index (χ3v) is 6.35. The molecule has 1 fully saturated rings. The van der Waals surface area contributed by atoms with Gasteiger partial charge in [0.1, 0.15) is 0 Å². The molecule has 1 N–H and O–H groups in total. The Hall–Kier alpha value is 0.140. The summed E-state index contributed by atoms with van der Waals surface area (Å²) in [4.78, 5) is 1.50. The summed E-state index contributed by atoms with van der Waals surface area (Å²) in [6, 6.07) is 2.73. The topological polar surface area (TPSA) is 12.0 Å². The van der Waals surface area contributed by atoms with E-state index in [1.807, 2.05) is 11.3 Å². The molecule has 19 heavy (non-hydrogen) atoms. The Morgan fingerprint density at radius 3 is 2.63 bits per heavy atom. The molecule has 2 rings (SSSR count). The van der Waals surface area contributed by atoms with Crippen LogP contribution in [0.4, 0.5) is 0 Å². The number of nitrogens with one attached hydrogen (secondary N) is 1. The van der Waals surface area contributed by atoms with Gasteiger partial charge < -0.3 is 5.32 Å². The van der Waals surface area contributed by atoms with Crippen molar-refractivity contribution in [2.45, 2.75) is 58.9 Å². The Morgan fingerprint density at radius 2 is 2.11 bits per heavy atom. The summed E-state index contributed by atoms with van der Waals surface area (Å²) in [7, 11) is 0. The molecular weight excluding hydrogens is 318 g/mol. The SMILES string of the molecule is CCCNC(c1sccc1Br)C1CCC(C)(C)CC1. The second kappa shape index (κ2) is 6.73. The van der Waals surface area contributed by atoms with Crippen molar-refractivity contribution in [3.05, 3.63) is 20.8 Å². The van der Waals surface area contributed by atoms with Gasteiger partial charge in [-0.1, -0.05) is 20.8 Å². The summed E-state index contributed by atoms with van der Waals surface area (Å²) >= 11 is 5.61. The van der Waals surface area contributed by atoms with Crippen LogP contribution in [0.2, 0.25) is 0 Å². The monoisotopic (exact) mass is 343 g/mol. The van der Waals surface area contributed by atoms with Crippen LogP contribution in [0.5, 0.6) is 0 Å². The smallest absolute Gasteiger partial charge is 0.0454 e. The molecule has 1 nitrogen and oxygen atoms in total. The van der Waals surface area contributed by atoms with E-state index >= 15 is 0 Å². The van der Waals surface area contributed by atoms with Crippen LogP contribution in [0.3, 0.4) is 0 Å². The van der Waals surface area contributed by atoms with E-state index in [0.29, 0.717) is 11.5 Å². The van der Waals surface area contributed by atoms with Crippen LogP contribution in [0, 0.1) is 11.3 Å². The van der Waals surface area contributed by atoms with Crippen molar-refractivity contribution in [3.63, 3.8) is 0 Å². The molecular formula is C16H26BrNS. The van der Waals surface area contributed by atoms with Crippen molar-refractivity contribution in [2.24, 2.45) is 11.3 Å². The number of hydrogen-bond donors (Lipinski definition) is 1. The van der Waals surface area contributed by atoms with Gasteiger partial charge in [-0.05, 0) is 77.4 Å². The lowest BCUT2D eigenvalue weighted by atomic mass is 9.71. The minimum absolute atomic E-state index is 0.547. The number of halogens is 1. The lowest BCUT2D eigenvalue weighted by Crippen LogP contribution is -2.33. The predicted octanol–water partition coefficient (Wildman–Crippen LogP) is 5.77. The number of thiophene rings is 1. The van der Waals surface area contributed by atoms with Crippen LogP contribution in [-0.2, 0) is 0 Å². The maximum atomic E-state index is 3.79. The van der Waals surface area contributed by atoms with Gasteiger partial charge >= 0.3 is 0 Å². The molecule has 1 aromatic rings. The first-order chi connectivity index (χ1) is 9.03. The molecule has 1 aromatic heterocycles. The molecule has 1 aliphatic rings. The van der Waals surface area contributed by atoms with Crippen molar-refractivity contribution in [1.29, 1.82) is 0 Å². The van der Waals surface area contributed by atoms with Gasteiger partial charge in [0.2, 0.25) is 0 Å². The summed E-state index contributed by atoms with van der Waals surface area (Å²) < 4.78 is 1.29. The van der Waals surface area contributed by atoms with Gasteiger partial charge in [-0.15, -0.1) is 11.3 Å². The van der Waals surface area contributed by atoms with Crippen LogP contribution in [0.25, 0.3) is 0 Å². The lowest BCUT2D eigenvalue weighted by Gasteiger charge is -2.38. The third-order valence-electron chi connectivity index (χ3n) is 4.40. The van der Waals surface area contributed by atoms with Crippen LogP contribution in [0.1, 0.15) is 63.8 Å². The molecule has 0 aromatic carbocycles. The van der Waals surface area contributed by atoms with E-state index in [4.69, 9.17) is 0 Å². The fraction of sp³-hybridized carbons (Fsp3) is 0.750. The Kier molecular flexibility index (Phi) is 5.50. The highest BCUT2D eigenvalue weighted by atomic mass is 79.9. The molecule has 3 heteroatoms. The molecule has 0 amide bonds. The standard InChI is InChI=1S/C16H26BrNS/c1-4-10-18-14(15-13(17)7-11-19-15)12-5-8-16(2,3)9-6-12/h7,11-12,14,18H,4-6,8-10H2,1-3H3. The van der Waals surface area contributed by atoms with Gasteiger partial charge in [0.25, 0.3) is 0 Å². The van der Waals surface area contributed by atoms with Crippen molar-refractivity contribution in [2.75, 3.05) is 6.54 Å². The number of hydrogen-bond acceptors (Lipinski definition) is 2. The van der Waals surface area contributed by atoms with E-state index in [2.05, 4.69) is 53.5 Å². The summed E-state index contributed by atoms with van der Waals surface area (Å²) in [5.74, 6) is 0.800. The summed E-state index contributed by atoms with van der Waals surface area (Å²) in [5.41, 5.74) is 0.554. The highest BCUT2D eigenvalue weighted by Crippen LogP contribution is 2.44. The van der Waals surface area contributed by atoms with Gasteiger partial charge in [-0.3, -0.25) is 0 Å². The zero-order valence-corrected chi connectivity index (χ0v) is 14.7. The molecule has 0 aliphatic heterocycles. The minimum atomic E-state index is 0.547. The molecule has 0 bridgehead atoms. The first kappa shape index (κ1) is 15.5. The molecule has 1 unspecified atom stereocenters. The van der Waals surface area contributed by atoms with Gasteiger partial charge in [0.15, 0.2) is 0 Å². The minimum Gasteiger partial charge on any atom is -0.309 e. The molecule has 1 heterocycles. The van der Waals surface area contributed by atoms with E-state index in [0.717, 1.165) is 12.5 Å². The van der Waals surface area contributed by atoms with Gasteiger partial charge in [0, 0.05) is 15.4 Å². The molecule has 108 valence electrons. The Bertz CT molecular complexity index is 389. The zero-order chi connectivity index (χ0) is 13.9. The average Bonchev–Trinajstić information content (AvgIpc) is 2.78. The normalized spacial score (nSPS) is 21.5. The van der Waals surface area contributed by atoms with Gasteiger partial charge in [-0.2, -0.15) is 0 Å². The summed E-state index contributed by atoms with van der Waals surface area (Å²) in [5, 5.41) is 5.99. The molecule has 0 spiro atoms. The lowest BCUT2D eigenvalue weighted by molar-refractivity contribution is 0.162. The quantitative estimate of drug-likeness (QED) is 0.715.